The van der Waals surface area contributed by atoms with Crippen molar-refractivity contribution in [3.63, 3.8) is 0 Å². The molecule has 6 aromatic carbocycles. The summed E-state index contributed by atoms with van der Waals surface area (Å²) in [5.74, 6) is 0. The molecule has 0 bridgehead atoms. The lowest BCUT2D eigenvalue weighted by molar-refractivity contribution is 0.00578. The summed E-state index contributed by atoms with van der Waals surface area (Å²) in [7, 11) is -3.52. The second kappa shape index (κ2) is 11.3. The van der Waals surface area contributed by atoms with Crippen molar-refractivity contribution in [2.45, 2.75) is 38.9 Å². The predicted molar refractivity (Wildman–Crippen MR) is 190 cm³/mol. The van der Waals surface area contributed by atoms with Gasteiger partial charge in [-0.15, -0.1) is 0 Å². The van der Waals surface area contributed by atoms with Gasteiger partial charge in [0.2, 0.25) is 0 Å². The van der Waals surface area contributed by atoms with Crippen LogP contribution in [0, 0.1) is 0 Å². The quantitative estimate of drug-likeness (QED) is 0.142. The fourth-order valence-electron chi connectivity index (χ4n) is 6.23. The highest BCUT2D eigenvalue weighted by Gasteiger charge is 2.51. The molecule has 7 rings (SSSR count). The molecule has 1 aliphatic rings. The van der Waals surface area contributed by atoms with Crippen molar-refractivity contribution in [3.8, 4) is 22.3 Å². The molecule has 3 nitrogen and oxygen atoms in total. The molecule has 0 unspecified atom stereocenters. The van der Waals surface area contributed by atoms with Crippen LogP contribution in [-0.2, 0) is 13.9 Å². The van der Waals surface area contributed by atoms with Crippen LogP contribution in [0.25, 0.3) is 33.0 Å². The van der Waals surface area contributed by atoms with E-state index >= 15 is 4.57 Å². The van der Waals surface area contributed by atoms with E-state index in [0.29, 0.717) is 0 Å². The van der Waals surface area contributed by atoms with E-state index in [1.54, 1.807) is 0 Å². The van der Waals surface area contributed by atoms with Crippen LogP contribution in [0.2, 0.25) is 0 Å². The molecule has 0 N–H and O–H groups in total. The maximum Gasteiger partial charge on any atom is 0.494 e. The summed E-state index contributed by atoms with van der Waals surface area (Å²) in [5.41, 5.74) is 4.59. The third-order valence-electron chi connectivity index (χ3n) is 9.41. The van der Waals surface area contributed by atoms with Gasteiger partial charge in [-0.25, -0.2) is 0 Å². The van der Waals surface area contributed by atoms with Gasteiger partial charge in [0.15, 0.2) is 7.14 Å². The predicted octanol–water partition coefficient (Wildman–Crippen LogP) is 8.11. The van der Waals surface area contributed by atoms with Crippen molar-refractivity contribution >= 4 is 46.4 Å². The Morgan fingerprint density at radius 3 is 1.47 bits per heavy atom. The molecule has 0 radical (unpaired) electrons. The molecule has 0 atom stereocenters. The van der Waals surface area contributed by atoms with Crippen molar-refractivity contribution in [2.75, 3.05) is 0 Å². The molecule has 222 valence electrons. The lowest BCUT2D eigenvalue weighted by atomic mass is 9.77. The summed E-state index contributed by atoms with van der Waals surface area (Å²) in [6.07, 6.45) is 0. The Morgan fingerprint density at radius 1 is 0.489 bits per heavy atom. The number of fused-ring (bicyclic) bond motifs is 1. The highest BCUT2D eigenvalue weighted by Crippen LogP contribution is 2.44. The van der Waals surface area contributed by atoms with Crippen molar-refractivity contribution in [1.82, 2.24) is 0 Å². The molecule has 5 heteroatoms. The molecule has 0 aliphatic carbocycles. The third-order valence-corrected chi connectivity index (χ3v) is 12.5. The van der Waals surface area contributed by atoms with Crippen molar-refractivity contribution < 1.29 is 13.9 Å². The summed E-state index contributed by atoms with van der Waals surface area (Å²) >= 11 is 0. The molecular formula is C40H36BO3P. The molecule has 1 heterocycles. The van der Waals surface area contributed by atoms with Crippen molar-refractivity contribution in [1.29, 1.82) is 0 Å². The Balaban J connectivity index is 1.32. The minimum atomic E-state index is -3.10. The fraction of sp³-hybridized carbons (Fsp3) is 0.150. The summed E-state index contributed by atoms with van der Waals surface area (Å²) in [6, 6.07) is 49.3. The minimum absolute atomic E-state index is 0.401. The number of hydrogen-bond donors (Lipinski definition) is 0. The highest BCUT2D eigenvalue weighted by atomic mass is 31.2. The Hall–Kier alpha value is -4.21. The van der Waals surface area contributed by atoms with Gasteiger partial charge >= 0.3 is 7.12 Å². The van der Waals surface area contributed by atoms with Gasteiger partial charge < -0.3 is 13.9 Å². The summed E-state index contributed by atoms with van der Waals surface area (Å²) in [4.78, 5) is 0. The SMILES string of the molecule is CC1(C)OB(c2cccc(-c3ccc(-c4cccc(P(=O)(c5ccccc5)c5ccccc5)c4)c4ccccc34)c2)OC1(C)C. The van der Waals surface area contributed by atoms with Crippen LogP contribution in [0.5, 0.6) is 0 Å². The van der Waals surface area contributed by atoms with Gasteiger partial charge in [-0.3, -0.25) is 0 Å². The van der Waals surface area contributed by atoms with Gasteiger partial charge in [0.25, 0.3) is 0 Å². The maximum atomic E-state index is 15.1. The average Bonchev–Trinajstić information content (AvgIpc) is 3.30. The molecule has 0 saturated carbocycles. The summed E-state index contributed by atoms with van der Waals surface area (Å²) in [5, 5.41) is 4.77. The molecule has 0 amide bonds. The molecule has 0 spiro atoms. The smallest absolute Gasteiger partial charge is 0.399 e. The highest BCUT2D eigenvalue weighted by molar-refractivity contribution is 7.85. The van der Waals surface area contributed by atoms with Gasteiger partial charge in [0, 0.05) is 15.9 Å². The van der Waals surface area contributed by atoms with Crippen LogP contribution in [0.3, 0.4) is 0 Å². The van der Waals surface area contributed by atoms with Gasteiger partial charge in [-0.1, -0.05) is 140 Å². The molecule has 1 fully saturated rings. The van der Waals surface area contributed by atoms with Gasteiger partial charge in [-0.05, 0) is 72.3 Å². The first-order valence-corrected chi connectivity index (χ1v) is 17.2. The van der Waals surface area contributed by atoms with Crippen LogP contribution in [0.1, 0.15) is 27.7 Å². The van der Waals surface area contributed by atoms with Crippen LogP contribution < -0.4 is 21.4 Å². The van der Waals surface area contributed by atoms with E-state index in [2.05, 4.69) is 100 Å². The minimum Gasteiger partial charge on any atom is -0.399 e. The number of benzene rings is 6. The largest absolute Gasteiger partial charge is 0.494 e. The van der Waals surface area contributed by atoms with Crippen LogP contribution in [-0.4, -0.2) is 18.3 Å². The molecule has 0 aromatic heterocycles. The Kier molecular flexibility index (Phi) is 7.41. The standard InChI is InChI=1S/C40H36BO3P/c1-39(2)40(3,4)44-41(43-39)31-17-13-15-29(27-31)35-25-26-36(38-24-12-11-23-37(35)38)30-16-14-22-34(28-30)45(42,32-18-7-5-8-19-32)33-20-9-6-10-21-33/h5-28H,1-4H3. The van der Waals surface area contributed by atoms with Crippen molar-refractivity contribution in [2.24, 2.45) is 0 Å². The monoisotopic (exact) mass is 606 g/mol. The fourth-order valence-corrected chi connectivity index (χ4v) is 8.92. The normalized spacial score (nSPS) is 15.8. The molecule has 45 heavy (non-hydrogen) atoms. The second-order valence-electron chi connectivity index (χ2n) is 12.8. The van der Waals surface area contributed by atoms with E-state index in [0.717, 1.165) is 54.4 Å². The Bertz CT molecular complexity index is 1990. The van der Waals surface area contributed by atoms with E-state index in [-0.39, 0.29) is 0 Å². The Morgan fingerprint density at radius 2 is 0.933 bits per heavy atom. The first-order chi connectivity index (χ1) is 21.7. The maximum absolute atomic E-state index is 15.1. The van der Waals surface area contributed by atoms with Gasteiger partial charge in [0.1, 0.15) is 0 Å². The number of rotatable bonds is 6. The van der Waals surface area contributed by atoms with Gasteiger partial charge in [-0.2, -0.15) is 0 Å². The van der Waals surface area contributed by atoms with E-state index < -0.39 is 25.5 Å². The zero-order valence-corrected chi connectivity index (χ0v) is 27.0. The van der Waals surface area contributed by atoms with E-state index in [1.807, 2.05) is 72.8 Å². The van der Waals surface area contributed by atoms with Crippen LogP contribution in [0.4, 0.5) is 0 Å². The Labute approximate surface area is 266 Å². The molecular weight excluding hydrogens is 570 g/mol. The molecule has 6 aromatic rings. The topological polar surface area (TPSA) is 35.5 Å². The first kappa shape index (κ1) is 29.5. The zero-order chi connectivity index (χ0) is 31.2. The van der Waals surface area contributed by atoms with Crippen LogP contribution >= 0.6 is 7.14 Å². The van der Waals surface area contributed by atoms with Crippen molar-refractivity contribution in [3.05, 3.63) is 146 Å². The zero-order valence-electron chi connectivity index (χ0n) is 26.1. The lowest BCUT2D eigenvalue weighted by Crippen LogP contribution is -2.41. The molecule has 1 aliphatic heterocycles. The molecule has 1 saturated heterocycles. The van der Waals surface area contributed by atoms with Gasteiger partial charge in [0.05, 0.1) is 11.2 Å². The summed E-state index contributed by atoms with van der Waals surface area (Å²) < 4.78 is 27.8. The van der Waals surface area contributed by atoms with E-state index in [1.165, 1.54) is 0 Å². The second-order valence-corrected chi connectivity index (χ2v) is 15.5. The van der Waals surface area contributed by atoms with E-state index in [4.69, 9.17) is 9.31 Å². The number of hydrogen-bond acceptors (Lipinski definition) is 3. The third kappa shape index (κ3) is 5.18. The average molecular weight is 607 g/mol. The van der Waals surface area contributed by atoms with E-state index in [9.17, 15) is 0 Å². The lowest BCUT2D eigenvalue weighted by Gasteiger charge is -2.32. The first-order valence-electron chi connectivity index (χ1n) is 15.5. The summed E-state index contributed by atoms with van der Waals surface area (Å²) in [6.45, 7) is 8.32. The van der Waals surface area contributed by atoms with Crippen LogP contribution in [0.15, 0.2) is 146 Å².